The molecule has 2 rings (SSSR count). The monoisotopic (exact) mass is 309 g/mol. The van der Waals surface area contributed by atoms with Gasteiger partial charge in [-0.05, 0) is 42.2 Å². The molecule has 5 nitrogen and oxygen atoms in total. The molecular weight excluding hydrogens is 286 g/mol. The summed E-state index contributed by atoms with van der Waals surface area (Å²) in [5.74, 6) is 0.234. The molecule has 1 aliphatic carbocycles. The first-order valence-corrected chi connectivity index (χ1v) is 8.40. The summed E-state index contributed by atoms with van der Waals surface area (Å²) in [6.45, 7) is 2.03. The van der Waals surface area contributed by atoms with Crippen LogP contribution in [0, 0.1) is 5.92 Å². The Morgan fingerprint density at radius 3 is 2.86 bits per heavy atom. The van der Waals surface area contributed by atoms with Crippen LogP contribution >= 0.6 is 11.3 Å². The number of amidine groups is 1. The molecule has 1 aromatic heterocycles. The van der Waals surface area contributed by atoms with Crippen LogP contribution in [-0.2, 0) is 6.42 Å². The van der Waals surface area contributed by atoms with E-state index >= 15 is 0 Å². The minimum Gasteiger partial charge on any atom is -0.409 e. The van der Waals surface area contributed by atoms with Gasteiger partial charge in [0.2, 0.25) is 0 Å². The molecule has 116 valence electrons. The molecular formula is C15H23N3O2S. The molecule has 1 amide bonds. The van der Waals surface area contributed by atoms with Gasteiger partial charge in [-0.25, -0.2) is 0 Å². The van der Waals surface area contributed by atoms with Gasteiger partial charge in [-0.1, -0.05) is 31.3 Å². The zero-order valence-corrected chi connectivity index (χ0v) is 13.2. The van der Waals surface area contributed by atoms with Gasteiger partial charge >= 0.3 is 0 Å². The molecule has 0 spiro atoms. The summed E-state index contributed by atoms with van der Waals surface area (Å²) >= 11 is 1.43. The van der Waals surface area contributed by atoms with Gasteiger partial charge in [-0.3, -0.25) is 4.79 Å². The number of hydrogen-bond acceptors (Lipinski definition) is 4. The van der Waals surface area contributed by atoms with Crippen molar-refractivity contribution in [1.29, 1.82) is 0 Å². The van der Waals surface area contributed by atoms with Crippen molar-refractivity contribution in [3.63, 3.8) is 0 Å². The van der Waals surface area contributed by atoms with Crippen LogP contribution in [0.1, 0.15) is 54.3 Å². The molecule has 21 heavy (non-hydrogen) atoms. The largest absolute Gasteiger partial charge is 0.409 e. The summed E-state index contributed by atoms with van der Waals surface area (Å²) < 4.78 is 0. The lowest BCUT2D eigenvalue weighted by Crippen LogP contribution is -2.49. The van der Waals surface area contributed by atoms with Gasteiger partial charge in [0.05, 0.1) is 10.9 Å². The Morgan fingerprint density at radius 2 is 2.24 bits per heavy atom. The van der Waals surface area contributed by atoms with Crippen LogP contribution in [0.2, 0.25) is 0 Å². The first kappa shape index (κ1) is 15.8. The Bertz CT molecular complexity index is 507. The highest BCUT2D eigenvalue weighted by molar-refractivity contribution is 7.12. The standard InChI is InChI=1S/C15H23N3O2S/c1-2-10-8-9-21-13(10)15(19)17-12(14(16)18-20)11-6-4-3-5-7-11/h8-9,11-12,20H,2-7H2,1H3,(H2,16,18)(H,17,19). The zero-order valence-electron chi connectivity index (χ0n) is 12.3. The van der Waals surface area contributed by atoms with Gasteiger partial charge in [0.25, 0.3) is 5.91 Å². The summed E-state index contributed by atoms with van der Waals surface area (Å²) in [5, 5.41) is 17.0. The second-order valence-corrected chi connectivity index (χ2v) is 6.42. The number of oxime groups is 1. The van der Waals surface area contributed by atoms with Crippen molar-refractivity contribution >= 4 is 23.1 Å². The van der Waals surface area contributed by atoms with Gasteiger partial charge in [-0.2, -0.15) is 0 Å². The van der Waals surface area contributed by atoms with Gasteiger partial charge < -0.3 is 16.3 Å². The fourth-order valence-electron chi connectivity index (χ4n) is 2.98. The smallest absolute Gasteiger partial charge is 0.262 e. The van der Waals surface area contributed by atoms with Crippen LogP contribution in [0.15, 0.2) is 16.6 Å². The fourth-order valence-corrected chi connectivity index (χ4v) is 3.88. The third kappa shape index (κ3) is 3.75. The number of amides is 1. The van der Waals surface area contributed by atoms with E-state index in [0.717, 1.165) is 42.5 Å². The van der Waals surface area contributed by atoms with Crippen molar-refractivity contribution in [3.05, 3.63) is 21.9 Å². The van der Waals surface area contributed by atoms with Crippen LogP contribution in [-0.4, -0.2) is 23.0 Å². The topological polar surface area (TPSA) is 87.7 Å². The first-order chi connectivity index (χ1) is 10.2. The summed E-state index contributed by atoms with van der Waals surface area (Å²) in [5.41, 5.74) is 6.85. The molecule has 0 radical (unpaired) electrons. The lowest BCUT2D eigenvalue weighted by molar-refractivity contribution is 0.0934. The van der Waals surface area contributed by atoms with Crippen molar-refractivity contribution in [2.75, 3.05) is 0 Å². The molecule has 1 aliphatic rings. The van der Waals surface area contributed by atoms with Crippen LogP contribution in [0.25, 0.3) is 0 Å². The SMILES string of the molecule is CCc1ccsc1C(=O)NC(/C(N)=N/O)C1CCCCC1. The summed E-state index contributed by atoms with van der Waals surface area (Å²) in [4.78, 5) is 13.2. The van der Waals surface area contributed by atoms with E-state index in [1.165, 1.54) is 17.8 Å². The number of hydrogen-bond donors (Lipinski definition) is 3. The molecule has 0 aromatic carbocycles. The van der Waals surface area contributed by atoms with Crippen LogP contribution in [0.3, 0.4) is 0 Å². The van der Waals surface area contributed by atoms with Crippen LogP contribution < -0.4 is 11.1 Å². The van der Waals surface area contributed by atoms with Gasteiger partial charge in [0, 0.05) is 0 Å². The number of nitrogens with zero attached hydrogens (tertiary/aromatic N) is 1. The van der Waals surface area contributed by atoms with E-state index in [1.807, 2.05) is 18.4 Å². The Labute approximate surface area is 129 Å². The molecule has 1 heterocycles. The normalized spacial score (nSPS) is 18.4. The maximum Gasteiger partial charge on any atom is 0.262 e. The van der Waals surface area contributed by atoms with Gasteiger partial charge in [0.15, 0.2) is 5.84 Å². The molecule has 1 fully saturated rings. The highest BCUT2D eigenvalue weighted by Gasteiger charge is 2.29. The quantitative estimate of drug-likeness (QED) is 0.338. The van der Waals surface area contributed by atoms with E-state index in [-0.39, 0.29) is 23.7 Å². The molecule has 1 unspecified atom stereocenters. The number of nitrogens with two attached hydrogens (primary N) is 1. The first-order valence-electron chi connectivity index (χ1n) is 7.52. The van der Waals surface area contributed by atoms with E-state index in [4.69, 9.17) is 10.9 Å². The average Bonchev–Trinajstić information content (AvgIpc) is 3.01. The van der Waals surface area contributed by atoms with E-state index in [2.05, 4.69) is 10.5 Å². The maximum atomic E-state index is 12.5. The van der Waals surface area contributed by atoms with Crippen LogP contribution in [0.5, 0.6) is 0 Å². The summed E-state index contributed by atoms with van der Waals surface area (Å²) in [6, 6.07) is 1.59. The van der Waals surface area contributed by atoms with E-state index in [0.29, 0.717) is 0 Å². The van der Waals surface area contributed by atoms with Crippen molar-refractivity contribution < 1.29 is 10.0 Å². The molecule has 0 saturated heterocycles. The van der Waals surface area contributed by atoms with Crippen molar-refractivity contribution in [2.24, 2.45) is 16.8 Å². The van der Waals surface area contributed by atoms with E-state index in [9.17, 15) is 4.79 Å². The predicted molar refractivity (Wildman–Crippen MR) is 84.9 cm³/mol. The molecule has 0 bridgehead atoms. The number of rotatable bonds is 5. The van der Waals surface area contributed by atoms with Crippen molar-refractivity contribution in [1.82, 2.24) is 5.32 Å². The average molecular weight is 309 g/mol. The summed E-state index contributed by atoms with van der Waals surface area (Å²) in [7, 11) is 0. The second-order valence-electron chi connectivity index (χ2n) is 5.50. The van der Waals surface area contributed by atoms with Gasteiger partial charge in [-0.15, -0.1) is 11.3 Å². The molecule has 1 atom stereocenters. The highest BCUT2D eigenvalue weighted by Crippen LogP contribution is 2.27. The minimum atomic E-state index is -0.380. The fraction of sp³-hybridized carbons (Fsp3) is 0.600. The number of thiophene rings is 1. The number of carbonyl (C=O) groups is 1. The van der Waals surface area contributed by atoms with E-state index in [1.54, 1.807) is 0 Å². The van der Waals surface area contributed by atoms with Gasteiger partial charge in [0.1, 0.15) is 0 Å². The molecule has 1 aromatic rings. The number of carbonyl (C=O) groups excluding carboxylic acids is 1. The lowest BCUT2D eigenvalue weighted by Gasteiger charge is -2.29. The van der Waals surface area contributed by atoms with E-state index < -0.39 is 0 Å². The Balaban J connectivity index is 2.13. The molecule has 0 aliphatic heterocycles. The third-order valence-electron chi connectivity index (χ3n) is 4.18. The Morgan fingerprint density at radius 1 is 1.52 bits per heavy atom. The van der Waals surface area contributed by atoms with Crippen molar-refractivity contribution in [3.8, 4) is 0 Å². The Hall–Kier alpha value is -1.56. The second kappa shape index (κ2) is 7.45. The lowest BCUT2D eigenvalue weighted by atomic mass is 9.83. The predicted octanol–water partition coefficient (Wildman–Crippen LogP) is 2.74. The molecule has 6 heteroatoms. The summed E-state index contributed by atoms with van der Waals surface area (Å²) in [6.07, 6.45) is 6.32. The number of nitrogens with one attached hydrogen (secondary N) is 1. The van der Waals surface area contributed by atoms with Crippen LogP contribution in [0.4, 0.5) is 0 Å². The highest BCUT2D eigenvalue weighted by atomic mass is 32.1. The zero-order chi connectivity index (χ0) is 15.2. The number of aryl methyl sites for hydroxylation is 1. The Kier molecular flexibility index (Phi) is 5.61. The maximum absolute atomic E-state index is 12.5. The minimum absolute atomic E-state index is 0.102. The molecule has 1 saturated carbocycles. The molecule has 4 N–H and O–H groups in total. The third-order valence-corrected chi connectivity index (χ3v) is 5.13. The van der Waals surface area contributed by atoms with Crippen molar-refractivity contribution in [2.45, 2.75) is 51.5 Å².